The molecule has 3 atom stereocenters. The molecule has 2 aliphatic rings. The van der Waals surface area contributed by atoms with E-state index in [0.29, 0.717) is 37.4 Å². The minimum Gasteiger partial charge on any atom is -0.378 e. The number of ether oxygens (including phenoxy) is 1. The topological polar surface area (TPSA) is 50.1 Å². The number of fused-ring (bicyclic) bond motifs is 1. The van der Waals surface area contributed by atoms with E-state index in [2.05, 4.69) is 25.1 Å². The molecule has 0 spiro atoms. The maximum Gasteiger partial charge on any atom is 0.155 e. The maximum absolute atomic E-state index is 11.9. The van der Waals surface area contributed by atoms with E-state index in [0.717, 1.165) is 44.9 Å². The predicted octanol–water partition coefficient (Wildman–Crippen LogP) is 4.74. The van der Waals surface area contributed by atoms with Gasteiger partial charge in [-0.2, -0.15) is 5.26 Å². The Bertz CT molecular complexity index is 486. The molecule has 0 saturated heterocycles. The summed E-state index contributed by atoms with van der Waals surface area (Å²) in [7, 11) is 0. The molecule has 0 unspecified atom stereocenters. The van der Waals surface area contributed by atoms with Gasteiger partial charge in [-0.25, -0.2) is 0 Å². The van der Waals surface area contributed by atoms with Gasteiger partial charge in [0.1, 0.15) is 0 Å². The van der Waals surface area contributed by atoms with E-state index in [1.54, 1.807) is 6.08 Å². The van der Waals surface area contributed by atoms with E-state index in [1.807, 2.05) is 0 Å². The second kappa shape index (κ2) is 9.67. The first-order chi connectivity index (χ1) is 11.2. The van der Waals surface area contributed by atoms with Crippen molar-refractivity contribution in [2.24, 2.45) is 11.8 Å². The molecular formula is C20H29NO2. The van der Waals surface area contributed by atoms with Gasteiger partial charge in [0.05, 0.1) is 12.2 Å². The highest BCUT2D eigenvalue weighted by molar-refractivity contribution is 5.90. The van der Waals surface area contributed by atoms with Gasteiger partial charge in [0, 0.05) is 19.4 Å². The highest BCUT2D eigenvalue weighted by atomic mass is 16.5. The van der Waals surface area contributed by atoms with Crippen LogP contribution in [-0.4, -0.2) is 18.5 Å². The Morgan fingerprint density at radius 1 is 1.39 bits per heavy atom. The van der Waals surface area contributed by atoms with Crippen LogP contribution in [0, 0.1) is 23.2 Å². The number of hydrogen-bond acceptors (Lipinski definition) is 3. The van der Waals surface area contributed by atoms with Gasteiger partial charge >= 0.3 is 0 Å². The van der Waals surface area contributed by atoms with Crippen LogP contribution in [0.1, 0.15) is 64.7 Å². The number of nitriles is 1. The van der Waals surface area contributed by atoms with Crippen molar-refractivity contribution in [3.63, 3.8) is 0 Å². The van der Waals surface area contributed by atoms with Crippen LogP contribution in [-0.2, 0) is 9.53 Å². The summed E-state index contributed by atoms with van der Waals surface area (Å²) in [5.41, 5.74) is 1.34. The average Bonchev–Trinajstić information content (AvgIpc) is 3.10. The van der Waals surface area contributed by atoms with Crippen molar-refractivity contribution in [1.82, 2.24) is 0 Å². The van der Waals surface area contributed by atoms with Crippen molar-refractivity contribution in [3.05, 3.63) is 23.8 Å². The lowest BCUT2D eigenvalue weighted by Crippen LogP contribution is -2.10. The molecule has 0 aromatic rings. The van der Waals surface area contributed by atoms with Crippen LogP contribution in [0.2, 0.25) is 0 Å². The first-order valence-corrected chi connectivity index (χ1v) is 9.14. The number of hydrogen-bond donors (Lipinski definition) is 0. The molecule has 23 heavy (non-hydrogen) atoms. The van der Waals surface area contributed by atoms with Gasteiger partial charge in [0.25, 0.3) is 0 Å². The van der Waals surface area contributed by atoms with Gasteiger partial charge in [0.15, 0.2) is 5.78 Å². The summed E-state index contributed by atoms with van der Waals surface area (Å²) in [4.78, 5) is 11.9. The zero-order chi connectivity index (χ0) is 16.5. The third-order valence-electron chi connectivity index (χ3n) is 5.01. The quantitative estimate of drug-likeness (QED) is 0.432. The summed E-state index contributed by atoms with van der Waals surface area (Å²) in [6.45, 7) is 2.85. The molecule has 0 aromatic heterocycles. The lowest BCUT2D eigenvalue weighted by molar-refractivity contribution is -0.114. The molecule has 2 aliphatic carbocycles. The van der Waals surface area contributed by atoms with Crippen LogP contribution in [0.5, 0.6) is 0 Å². The van der Waals surface area contributed by atoms with Crippen molar-refractivity contribution in [2.45, 2.75) is 70.8 Å². The molecule has 0 bridgehead atoms. The third-order valence-corrected chi connectivity index (χ3v) is 5.01. The Balaban J connectivity index is 1.74. The molecule has 3 nitrogen and oxygen atoms in total. The van der Waals surface area contributed by atoms with E-state index in [-0.39, 0.29) is 5.78 Å². The minimum absolute atomic E-state index is 0.255. The fourth-order valence-corrected chi connectivity index (χ4v) is 3.73. The molecule has 0 heterocycles. The second-order valence-electron chi connectivity index (χ2n) is 6.79. The van der Waals surface area contributed by atoms with E-state index in [1.165, 1.54) is 5.57 Å². The molecule has 1 fully saturated rings. The molecule has 126 valence electrons. The Morgan fingerprint density at radius 2 is 2.26 bits per heavy atom. The molecule has 0 amide bonds. The second-order valence-corrected chi connectivity index (χ2v) is 6.79. The molecule has 0 aromatic carbocycles. The van der Waals surface area contributed by atoms with Crippen LogP contribution in [0.25, 0.3) is 0 Å². The van der Waals surface area contributed by atoms with E-state index in [4.69, 9.17) is 10.00 Å². The molecule has 1 saturated carbocycles. The lowest BCUT2D eigenvalue weighted by atomic mass is 9.94. The highest BCUT2D eigenvalue weighted by Gasteiger charge is 2.38. The number of carbonyl (C=O) groups is 1. The third kappa shape index (κ3) is 5.62. The largest absolute Gasteiger partial charge is 0.378 e. The van der Waals surface area contributed by atoms with Crippen molar-refractivity contribution in [2.75, 3.05) is 6.61 Å². The summed E-state index contributed by atoms with van der Waals surface area (Å²) in [6.07, 6.45) is 15.2. The van der Waals surface area contributed by atoms with Gasteiger partial charge < -0.3 is 4.74 Å². The minimum atomic E-state index is 0.255. The monoisotopic (exact) mass is 315 g/mol. The Hall–Kier alpha value is -1.40. The van der Waals surface area contributed by atoms with E-state index in [9.17, 15) is 4.79 Å². The number of nitrogens with zero attached hydrogens (tertiary/aromatic N) is 1. The molecule has 3 heteroatoms. The summed E-state index contributed by atoms with van der Waals surface area (Å²) in [5.74, 6) is 1.51. The Kier molecular flexibility index (Phi) is 7.55. The molecule has 0 N–H and O–H groups in total. The van der Waals surface area contributed by atoms with Crippen LogP contribution in [0.4, 0.5) is 0 Å². The van der Waals surface area contributed by atoms with Gasteiger partial charge in [0.2, 0.25) is 0 Å². The lowest BCUT2D eigenvalue weighted by Gasteiger charge is -2.12. The fourth-order valence-electron chi connectivity index (χ4n) is 3.73. The fraction of sp³-hybridized carbons (Fsp3) is 0.700. The van der Waals surface area contributed by atoms with Crippen molar-refractivity contribution in [1.29, 1.82) is 5.26 Å². The standard InChI is InChI=1S/C20H29NO2/c1-2-3-4-7-18(22)11-10-16-8-9-17-14-19(15-20(16)17)23-13-6-5-12-21/h8,10-11,17,19-20H,2-7,9,13-15H2,1H3/t17-,19-,20+/m1/s1. The van der Waals surface area contributed by atoms with Gasteiger partial charge in [-0.3, -0.25) is 4.79 Å². The number of ketones is 1. The normalized spacial score (nSPS) is 26.3. The van der Waals surface area contributed by atoms with Crippen LogP contribution in [0.3, 0.4) is 0 Å². The first kappa shape index (κ1) is 17.9. The summed E-state index contributed by atoms with van der Waals surface area (Å²) < 4.78 is 5.91. The number of rotatable bonds is 10. The SMILES string of the molecule is CCCCCC(=O)C=CC1=CC[C@@H]2C[C@@H](OCCCC#N)C[C@@H]12. The predicted molar refractivity (Wildman–Crippen MR) is 91.8 cm³/mol. The zero-order valence-corrected chi connectivity index (χ0v) is 14.3. The Morgan fingerprint density at radius 3 is 3.04 bits per heavy atom. The van der Waals surface area contributed by atoms with Gasteiger partial charge in [-0.1, -0.05) is 31.9 Å². The summed E-state index contributed by atoms with van der Waals surface area (Å²) >= 11 is 0. The maximum atomic E-state index is 11.9. The van der Waals surface area contributed by atoms with Crippen LogP contribution < -0.4 is 0 Å². The van der Waals surface area contributed by atoms with Crippen LogP contribution >= 0.6 is 0 Å². The van der Waals surface area contributed by atoms with Crippen molar-refractivity contribution in [3.8, 4) is 6.07 Å². The summed E-state index contributed by atoms with van der Waals surface area (Å²) in [6, 6.07) is 2.16. The van der Waals surface area contributed by atoms with Gasteiger partial charge in [-0.05, 0) is 55.6 Å². The molecule has 2 rings (SSSR count). The molecule has 0 aliphatic heterocycles. The first-order valence-electron chi connectivity index (χ1n) is 9.14. The smallest absolute Gasteiger partial charge is 0.155 e. The van der Waals surface area contributed by atoms with Crippen LogP contribution in [0.15, 0.2) is 23.8 Å². The number of carbonyl (C=O) groups excluding carboxylic acids is 1. The Labute approximate surface area is 140 Å². The summed E-state index contributed by atoms with van der Waals surface area (Å²) in [5, 5.41) is 8.55. The molecular weight excluding hydrogens is 286 g/mol. The number of unbranched alkanes of at least 4 members (excludes halogenated alkanes) is 3. The van der Waals surface area contributed by atoms with E-state index < -0.39 is 0 Å². The number of allylic oxidation sites excluding steroid dienone is 4. The van der Waals surface area contributed by atoms with E-state index >= 15 is 0 Å². The highest BCUT2D eigenvalue weighted by Crippen LogP contribution is 2.45. The zero-order valence-electron chi connectivity index (χ0n) is 14.3. The molecule has 0 radical (unpaired) electrons. The van der Waals surface area contributed by atoms with Gasteiger partial charge in [-0.15, -0.1) is 0 Å². The average molecular weight is 315 g/mol. The van der Waals surface area contributed by atoms with Crippen molar-refractivity contribution >= 4 is 5.78 Å². The van der Waals surface area contributed by atoms with Crippen molar-refractivity contribution < 1.29 is 9.53 Å².